The summed E-state index contributed by atoms with van der Waals surface area (Å²) in [7, 11) is -6.79. The van der Waals surface area contributed by atoms with Gasteiger partial charge in [-0.3, -0.25) is 9.13 Å². The minimum Gasteiger partial charge on any atom is -0.469 e. The molecule has 5 aromatic rings. The Bertz CT molecular complexity index is 1380. The van der Waals surface area contributed by atoms with Gasteiger partial charge in [-0.1, -0.05) is 72.8 Å². The molecule has 9 heteroatoms. The average molecular weight is 607 g/mol. The Labute approximate surface area is 246 Å². The lowest BCUT2D eigenvalue weighted by molar-refractivity contribution is 0.0481. The zero-order valence-electron chi connectivity index (χ0n) is 23.5. The van der Waals surface area contributed by atoms with Crippen LogP contribution in [0.25, 0.3) is 0 Å². The number of hydrogen-bond donors (Lipinski definition) is 4. The maximum absolute atomic E-state index is 12.2. The third-order valence-electron chi connectivity index (χ3n) is 6.76. The average Bonchev–Trinajstić information content (AvgIpc) is 3.59. The van der Waals surface area contributed by atoms with E-state index in [4.69, 9.17) is 9.52 Å². The Kier molecular flexibility index (Phi) is 11.8. The third-order valence-corrected chi connectivity index (χ3v) is 10.8. The van der Waals surface area contributed by atoms with E-state index in [9.17, 15) is 24.0 Å². The van der Waals surface area contributed by atoms with Crippen molar-refractivity contribution < 1.29 is 33.5 Å². The fraction of sp³-hybridized carbons (Fsp3) is 0.152. The molecule has 0 spiro atoms. The molecule has 2 unspecified atom stereocenters. The second-order valence-corrected chi connectivity index (χ2v) is 14.1. The molecule has 0 radical (unpaired) electrons. The van der Waals surface area contributed by atoms with Gasteiger partial charge in [-0.05, 0) is 74.5 Å². The summed E-state index contributed by atoms with van der Waals surface area (Å²) >= 11 is 0. The van der Waals surface area contributed by atoms with Crippen molar-refractivity contribution in [3.8, 4) is 0 Å². The van der Waals surface area contributed by atoms with Gasteiger partial charge in [0, 0.05) is 21.2 Å². The van der Waals surface area contributed by atoms with Crippen molar-refractivity contribution in [3.05, 3.63) is 145 Å². The Hall–Kier alpha value is -3.54. The summed E-state index contributed by atoms with van der Waals surface area (Å²) in [6.07, 6.45) is 0.902. The lowest BCUT2D eigenvalue weighted by Crippen LogP contribution is -2.37. The van der Waals surface area contributed by atoms with E-state index in [1.807, 2.05) is 24.3 Å². The van der Waals surface area contributed by atoms with Crippen LogP contribution in [-0.4, -0.2) is 32.7 Å². The number of aliphatic hydroxyl groups is 2. The second-order valence-electron chi connectivity index (χ2n) is 9.72. The first kappa shape index (κ1) is 33.0. The van der Waals surface area contributed by atoms with E-state index in [1.165, 1.54) is 6.26 Å². The Morgan fingerprint density at radius 2 is 0.929 bits per heavy atom. The Morgan fingerprint density at radius 3 is 1.14 bits per heavy atom. The van der Waals surface area contributed by atoms with Gasteiger partial charge < -0.3 is 24.4 Å². The van der Waals surface area contributed by atoms with Crippen LogP contribution in [0, 0.1) is 0 Å². The smallest absolute Gasteiger partial charge is 0.258 e. The lowest BCUT2D eigenvalue weighted by Gasteiger charge is -2.27. The highest BCUT2D eigenvalue weighted by atomic mass is 31.2. The zero-order valence-corrected chi connectivity index (χ0v) is 25.3. The zero-order chi connectivity index (χ0) is 30.6. The molecule has 1 aromatic heterocycles. The number of furan rings is 1. The first-order valence-corrected chi connectivity index (χ1v) is 16.6. The summed E-state index contributed by atoms with van der Waals surface area (Å²) in [5.41, 5.74) is -0.691. The minimum absolute atomic E-state index is 0.127. The molecule has 0 aliphatic heterocycles. The van der Waals surface area contributed by atoms with E-state index in [0.717, 1.165) is 0 Å². The Morgan fingerprint density at radius 1 is 0.619 bits per heavy atom. The monoisotopic (exact) mass is 606 g/mol. The molecule has 0 fully saturated rings. The molecule has 1 heterocycles. The molecular weight excluding hydrogens is 570 g/mol. The largest absolute Gasteiger partial charge is 0.469 e. The van der Waals surface area contributed by atoms with Crippen molar-refractivity contribution >= 4 is 36.0 Å². The van der Waals surface area contributed by atoms with Crippen LogP contribution in [0.4, 0.5) is 0 Å². The van der Waals surface area contributed by atoms with Gasteiger partial charge in [0.05, 0.1) is 24.4 Å². The van der Waals surface area contributed by atoms with Gasteiger partial charge >= 0.3 is 0 Å². The van der Waals surface area contributed by atoms with Crippen LogP contribution >= 0.6 is 14.7 Å². The van der Waals surface area contributed by atoms with E-state index in [0.29, 0.717) is 27.0 Å². The molecule has 0 saturated carbocycles. The van der Waals surface area contributed by atoms with Crippen LogP contribution in [0.5, 0.6) is 0 Å². The van der Waals surface area contributed by atoms with Crippen molar-refractivity contribution in [2.24, 2.45) is 0 Å². The first-order valence-electron chi connectivity index (χ1n) is 13.2. The molecule has 0 aliphatic carbocycles. The van der Waals surface area contributed by atoms with E-state index in [2.05, 4.69) is 0 Å². The summed E-state index contributed by atoms with van der Waals surface area (Å²) in [5, 5.41) is 20.4. The molecule has 42 heavy (non-hydrogen) atoms. The van der Waals surface area contributed by atoms with Gasteiger partial charge in [0.25, 0.3) is 14.7 Å². The predicted molar refractivity (Wildman–Crippen MR) is 169 cm³/mol. The molecule has 0 aliphatic rings. The normalized spacial score (nSPS) is 13.4. The standard InChI is InChI=1S/2C12H11O2P.C9H14O3/c2*13-15(14,11-7-3-1-4-8-11)12-9-5-2-6-10-12;1-7(11)9(2,6-10)8-4-3-5-12-8/h2*1-10H,(H,13,14);3-5,7,10-11H,6H2,1-2H3. The fourth-order valence-electron chi connectivity index (χ4n) is 3.84. The predicted octanol–water partition coefficient (Wildman–Crippen LogP) is 4.73. The van der Waals surface area contributed by atoms with Gasteiger partial charge in [-0.2, -0.15) is 0 Å². The first-order chi connectivity index (χ1) is 20.0. The topological polar surface area (TPSA) is 128 Å². The molecule has 0 saturated heterocycles. The summed E-state index contributed by atoms with van der Waals surface area (Å²) in [4.78, 5) is 20.0. The summed E-state index contributed by atoms with van der Waals surface area (Å²) in [6, 6.07) is 38.3. The van der Waals surface area contributed by atoms with Crippen LogP contribution in [-0.2, 0) is 14.5 Å². The highest BCUT2D eigenvalue weighted by Crippen LogP contribution is 2.38. The second kappa shape index (κ2) is 15.1. The number of hydrogen-bond acceptors (Lipinski definition) is 5. The summed E-state index contributed by atoms with van der Waals surface area (Å²) < 4.78 is 29.5. The van der Waals surface area contributed by atoms with Crippen molar-refractivity contribution in [2.45, 2.75) is 25.4 Å². The summed E-state index contributed by atoms with van der Waals surface area (Å²) in [6.45, 7) is 3.27. The van der Waals surface area contributed by atoms with Gasteiger partial charge in [0.2, 0.25) is 0 Å². The van der Waals surface area contributed by atoms with Crippen molar-refractivity contribution in [1.82, 2.24) is 0 Å². The van der Waals surface area contributed by atoms with E-state index in [1.54, 1.807) is 123 Å². The molecule has 4 N–H and O–H groups in total. The van der Waals surface area contributed by atoms with E-state index >= 15 is 0 Å². The fourth-order valence-corrected chi connectivity index (χ4v) is 6.74. The molecular formula is C33H36O7P2. The lowest BCUT2D eigenvalue weighted by atomic mass is 9.83. The number of rotatable bonds is 7. The maximum Gasteiger partial charge on any atom is 0.258 e. The molecule has 0 amide bonds. The van der Waals surface area contributed by atoms with Gasteiger partial charge in [0.1, 0.15) is 5.76 Å². The van der Waals surface area contributed by atoms with Crippen LogP contribution in [0.2, 0.25) is 0 Å². The van der Waals surface area contributed by atoms with Crippen LogP contribution in [0.1, 0.15) is 19.6 Å². The van der Waals surface area contributed by atoms with Crippen molar-refractivity contribution in [3.63, 3.8) is 0 Å². The van der Waals surface area contributed by atoms with E-state index in [-0.39, 0.29) is 6.61 Å². The molecule has 0 bridgehead atoms. The van der Waals surface area contributed by atoms with Crippen LogP contribution in [0.3, 0.4) is 0 Å². The van der Waals surface area contributed by atoms with Gasteiger partial charge in [-0.15, -0.1) is 0 Å². The van der Waals surface area contributed by atoms with Gasteiger partial charge in [-0.25, -0.2) is 0 Å². The highest BCUT2D eigenvalue weighted by Gasteiger charge is 2.34. The third kappa shape index (κ3) is 8.27. The molecule has 7 nitrogen and oxygen atoms in total. The quantitative estimate of drug-likeness (QED) is 0.197. The Balaban J connectivity index is 0.000000174. The van der Waals surface area contributed by atoms with Crippen molar-refractivity contribution in [1.29, 1.82) is 0 Å². The number of benzene rings is 4. The van der Waals surface area contributed by atoms with E-state index < -0.39 is 26.3 Å². The van der Waals surface area contributed by atoms with Crippen LogP contribution < -0.4 is 21.2 Å². The summed E-state index contributed by atoms with van der Waals surface area (Å²) in [5.74, 6) is 0.611. The molecule has 220 valence electrons. The molecule has 5 rings (SSSR count). The minimum atomic E-state index is -3.40. The molecule has 4 aromatic carbocycles. The van der Waals surface area contributed by atoms with Crippen molar-refractivity contribution in [2.75, 3.05) is 6.61 Å². The van der Waals surface area contributed by atoms with Gasteiger partial charge in [0.15, 0.2) is 0 Å². The SMILES string of the molecule is CC(O)C(C)(CO)c1ccco1.O=P(O)(c1ccccc1)c1ccccc1.O=P(O)(c1ccccc1)c1ccccc1. The van der Waals surface area contributed by atoms with Crippen LogP contribution in [0.15, 0.2) is 144 Å². The maximum atomic E-state index is 12.2. The highest BCUT2D eigenvalue weighted by molar-refractivity contribution is 7.73. The number of aliphatic hydroxyl groups excluding tert-OH is 2. The molecule has 2 atom stereocenters.